The molecule has 1 aliphatic rings. The van der Waals surface area contributed by atoms with Crippen LogP contribution in [0.4, 0.5) is 5.13 Å². The van der Waals surface area contributed by atoms with E-state index in [-0.39, 0.29) is 24.2 Å². The zero-order valence-electron chi connectivity index (χ0n) is 16.8. The van der Waals surface area contributed by atoms with Crippen LogP contribution in [0.5, 0.6) is 0 Å². The van der Waals surface area contributed by atoms with Crippen LogP contribution in [-0.4, -0.2) is 52.0 Å². The summed E-state index contributed by atoms with van der Waals surface area (Å²) >= 11 is 1.41. The summed E-state index contributed by atoms with van der Waals surface area (Å²) in [5.41, 5.74) is 2.09. The van der Waals surface area contributed by atoms with Gasteiger partial charge in [-0.15, -0.1) is 10.2 Å². The second-order valence-corrected chi connectivity index (χ2v) is 8.42. The molecule has 0 radical (unpaired) electrons. The summed E-state index contributed by atoms with van der Waals surface area (Å²) in [6, 6.07) is 15.8. The summed E-state index contributed by atoms with van der Waals surface area (Å²) in [4.78, 5) is 33.0. The van der Waals surface area contributed by atoms with Crippen molar-refractivity contribution in [2.75, 3.05) is 25.0 Å². The zero-order chi connectivity index (χ0) is 20.9. The van der Waals surface area contributed by atoms with Crippen LogP contribution in [0.25, 0.3) is 0 Å². The van der Waals surface area contributed by atoms with E-state index in [9.17, 15) is 9.59 Å². The Morgan fingerprint density at radius 1 is 1.17 bits per heavy atom. The van der Waals surface area contributed by atoms with Crippen LogP contribution in [0.3, 0.4) is 0 Å². The number of hydrogen-bond donors (Lipinski definition) is 0. The Balaban J connectivity index is 1.35. The molecule has 154 valence electrons. The first-order valence-electron chi connectivity index (χ1n) is 9.91. The second kappa shape index (κ2) is 9.13. The molecule has 4 rings (SSSR count). The minimum Gasteiger partial charge on any atom is -0.345 e. The summed E-state index contributed by atoms with van der Waals surface area (Å²) in [5, 5.41) is 9.85. The topological polar surface area (TPSA) is 79.3 Å². The van der Waals surface area contributed by atoms with E-state index < -0.39 is 0 Å². The van der Waals surface area contributed by atoms with Gasteiger partial charge < -0.3 is 4.90 Å². The van der Waals surface area contributed by atoms with Crippen molar-refractivity contribution >= 4 is 28.3 Å². The standard InChI is InChI=1S/C22H23N5O2S/c1-26(12-10-18-9-5-6-11-23-18)21(29)17-14-20(28)27(15-17)22-25-24-19(30-22)13-16-7-3-2-4-8-16/h2-9,11,17H,10,12-15H2,1H3. The van der Waals surface area contributed by atoms with Crippen LogP contribution in [0.1, 0.15) is 22.7 Å². The lowest BCUT2D eigenvalue weighted by molar-refractivity contribution is -0.134. The van der Waals surface area contributed by atoms with Gasteiger partial charge in [-0.25, -0.2) is 0 Å². The van der Waals surface area contributed by atoms with Crippen molar-refractivity contribution in [3.8, 4) is 0 Å². The van der Waals surface area contributed by atoms with Crippen molar-refractivity contribution in [1.29, 1.82) is 0 Å². The number of carbonyl (C=O) groups excluding carboxylic acids is 2. The fourth-order valence-corrected chi connectivity index (χ4v) is 4.40. The van der Waals surface area contributed by atoms with Crippen molar-refractivity contribution in [3.05, 3.63) is 71.0 Å². The maximum absolute atomic E-state index is 12.8. The van der Waals surface area contributed by atoms with E-state index in [0.29, 0.717) is 31.1 Å². The first-order valence-corrected chi connectivity index (χ1v) is 10.7. The molecule has 0 aliphatic carbocycles. The van der Waals surface area contributed by atoms with Crippen LogP contribution in [0, 0.1) is 5.92 Å². The lowest BCUT2D eigenvalue weighted by Gasteiger charge is -2.20. The van der Waals surface area contributed by atoms with Crippen molar-refractivity contribution in [2.24, 2.45) is 5.92 Å². The lowest BCUT2D eigenvalue weighted by Crippen LogP contribution is -2.36. The molecule has 1 unspecified atom stereocenters. The molecule has 1 aliphatic heterocycles. The van der Waals surface area contributed by atoms with Gasteiger partial charge in [0.1, 0.15) is 5.01 Å². The SMILES string of the molecule is CN(CCc1ccccn1)C(=O)C1CC(=O)N(c2nnc(Cc3ccccc3)s2)C1. The van der Waals surface area contributed by atoms with Gasteiger partial charge in [0.15, 0.2) is 0 Å². The Hall–Kier alpha value is -3.13. The van der Waals surface area contributed by atoms with E-state index in [0.717, 1.165) is 16.3 Å². The number of rotatable bonds is 7. The fraction of sp³-hybridized carbons (Fsp3) is 0.318. The normalized spacial score (nSPS) is 16.1. The Labute approximate surface area is 179 Å². The molecule has 0 saturated carbocycles. The molecular weight excluding hydrogens is 398 g/mol. The molecule has 0 bridgehead atoms. The maximum Gasteiger partial charge on any atom is 0.229 e. The highest BCUT2D eigenvalue weighted by Gasteiger charge is 2.37. The molecule has 1 saturated heterocycles. The smallest absolute Gasteiger partial charge is 0.229 e. The van der Waals surface area contributed by atoms with Gasteiger partial charge >= 0.3 is 0 Å². The average molecular weight is 422 g/mol. The number of pyridine rings is 1. The average Bonchev–Trinajstić information content (AvgIpc) is 3.39. The summed E-state index contributed by atoms with van der Waals surface area (Å²) < 4.78 is 0. The van der Waals surface area contributed by atoms with E-state index in [1.807, 2.05) is 48.5 Å². The van der Waals surface area contributed by atoms with Gasteiger partial charge in [0, 0.05) is 51.3 Å². The molecule has 30 heavy (non-hydrogen) atoms. The highest BCUT2D eigenvalue weighted by atomic mass is 32.1. The Morgan fingerprint density at radius 2 is 1.97 bits per heavy atom. The lowest BCUT2D eigenvalue weighted by atomic mass is 10.1. The molecule has 1 aromatic carbocycles. The van der Waals surface area contributed by atoms with Crippen molar-refractivity contribution in [3.63, 3.8) is 0 Å². The third-order valence-corrected chi connectivity index (χ3v) is 6.11. The fourth-order valence-electron chi connectivity index (χ4n) is 3.50. The molecular formula is C22H23N5O2S. The number of carbonyl (C=O) groups is 2. The minimum absolute atomic E-state index is 0.0178. The molecule has 0 N–H and O–H groups in total. The molecule has 1 atom stereocenters. The van der Waals surface area contributed by atoms with E-state index in [4.69, 9.17) is 0 Å². The molecule has 7 nitrogen and oxygen atoms in total. The number of amides is 2. The van der Waals surface area contributed by atoms with Crippen molar-refractivity contribution in [2.45, 2.75) is 19.3 Å². The number of hydrogen-bond acceptors (Lipinski definition) is 6. The summed E-state index contributed by atoms with van der Waals surface area (Å²) in [5.74, 6) is -0.447. The van der Waals surface area contributed by atoms with E-state index >= 15 is 0 Å². The maximum atomic E-state index is 12.8. The van der Waals surface area contributed by atoms with Gasteiger partial charge in [0.05, 0.1) is 5.92 Å². The quantitative estimate of drug-likeness (QED) is 0.586. The van der Waals surface area contributed by atoms with Crippen LogP contribution >= 0.6 is 11.3 Å². The van der Waals surface area contributed by atoms with Crippen LogP contribution in [0.2, 0.25) is 0 Å². The Morgan fingerprint density at radius 3 is 2.73 bits per heavy atom. The predicted octanol–water partition coefficient (Wildman–Crippen LogP) is 2.58. The minimum atomic E-state index is -0.354. The van der Waals surface area contributed by atoms with Gasteiger partial charge in [0.2, 0.25) is 16.9 Å². The van der Waals surface area contributed by atoms with Crippen LogP contribution in [-0.2, 0) is 22.4 Å². The largest absolute Gasteiger partial charge is 0.345 e. The first kappa shape index (κ1) is 20.2. The summed E-state index contributed by atoms with van der Waals surface area (Å²) in [6.07, 6.45) is 3.32. The van der Waals surface area contributed by atoms with Gasteiger partial charge in [0.25, 0.3) is 0 Å². The monoisotopic (exact) mass is 421 g/mol. The Bertz CT molecular complexity index is 1010. The molecule has 3 heterocycles. The van der Waals surface area contributed by atoms with Crippen LogP contribution in [0.15, 0.2) is 54.7 Å². The van der Waals surface area contributed by atoms with Gasteiger partial charge in [-0.3, -0.25) is 19.5 Å². The highest BCUT2D eigenvalue weighted by Crippen LogP contribution is 2.29. The molecule has 1 fully saturated rings. The summed E-state index contributed by atoms with van der Waals surface area (Å²) in [7, 11) is 1.78. The Kier molecular flexibility index (Phi) is 6.13. The van der Waals surface area contributed by atoms with E-state index in [2.05, 4.69) is 15.2 Å². The van der Waals surface area contributed by atoms with Crippen molar-refractivity contribution in [1.82, 2.24) is 20.1 Å². The van der Waals surface area contributed by atoms with Crippen LogP contribution < -0.4 is 4.90 Å². The van der Waals surface area contributed by atoms with Gasteiger partial charge in [-0.05, 0) is 17.7 Å². The summed E-state index contributed by atoms with van der Waals surface area (Å²) in [6.45, 7) is 0.923. The number of aromatic nitrogens is 3. The third kappa shape index (κ3) is 4.71. The molecule has 3 aromatic rings. The molecule has 8 heteroatoms. The molecule has 2 amide bonds. The third-order valence-electron chi connectivity index (χ3n) is 5.17. The van der Waals surface area contributed by atoms with Gasteiger partial charge in [-0.2, -0.15) is 0 Å². The van der Waals surface area contributed by atoms with Gasteiger partial charge in [-0.1, -0.05) is 47.7 Å². The molecule has 2 aromatic heterocycles. The predicted molar refractivity (Wildman–Crippen MR) is 115 cm³/mol. The van der Waals surface area contributed by atoms with E-state index in [1.165, 1.54) is 11.3 Å². The number of benzene rings is 1. The number of likely N-dealkylation sites (N-methyl/N-ethyl adjacent to an activating group) is 1. The first-order chi connectivity index (χ1) is 14.6. The van der Waals surface area contributed by atoms with E-state index in [1.54, 1.807) is 23.0 Å². The molecule has 0 spiro atoms. The van der Waals surface area contributed by atoms with Crippen molar-refractivity contribution < 1.29 is 9.59 Å². The second-order valence-electron chi connectivity index (χ2n) is 7.38. The number of nitrogens with zero attached hydrogens (tertiary/aromatic N) is 5. The number of anilines is 1. The zero-order valence-corrected chi connectivity index (χ0v) is 17.6. The highest BCUT2D eigenvalue weighted by molar-refractivity contribution is 7.15.